The van der Waals surface area contributed by atoms with Crippen LogP contribution in [0.4, 0.5) is 5.00 Å². The van der Waals surface area contributed by atoms with Crippen LogP contribution >= 0.6 is 11.3 Å². The van der Waals surface area contributed by atoms with Gasteiger partial charge in [-0.25, -0.2) is 9.78 Å². The first-order valence-corrected chi connectivity index (χ1v) is 10.2. The Hall–Kier alpha value is -3.31. The predicted octanol–water partition coefficient (Wildman–Crippen LogP) is 3.63. The van der Waals surface area contributed by atoms with Gasteiger partial charge in [0.05, 0.1) is 22.8 Å². The van der Waals surface area contributed by atoms with Crippen LogP contribution in [0.5, 0.6) is 0 Å². The summed E-state index contributed by atoms with van der Waals surface area (Å²) in [6.45, 7) is 1.49. The van der Waals surface area contributed by atoms with E-state index >= 15 is 0 Å². The van der Waals surface area contributed by atoms with Crippen molar-refractivity contribution in [2.24, 2.45) is 0 Å². The number of hydrogen-bond donors (Lipinski definition) is 1. The standard InChI is InChI=1S/C21H18N4O3S/c1-12(28-21(27)17-11-23-15-7-3-4-8-16(15)24-17)19(26)25-20-14(10-22)13-6-2-5-9-18(13)29-20/h3-4,7-8,11-12H,2,5-6,9H2,1H3,(H,25,26). The topological polar surface area (TPSA) is 105 Å². The van der Waals surface area contributed by atoms with Crippen LogP contribution in [0.3, 0.4) is 0 Å². The Morgan fingerprint density at radius 2 is 2.00 bits per heavy atom. The summed E-state index contributed by atoms with van der Waals surface area (Å²) in [7, 11) is 0. The number of carbonyl (C=O) groups excluding carboxylic acids is 2. The minimum Gasteiger partial charge on any atom is -0.448 e. The number of nitriles is 1. The van der Waals surface area contributed by atoms with Crippen LogP contribution in [0.25, 0.3) is 11.0 Å². The third-order valence-corrected chi connectivity index (χ3v) is 6.04. The molecule has 1 N–H and O–H groups in total. The monoisotopic (exact) mass is 406 g/mol. The third kappa shape index (κ3) is 3.82. The number of fused-ring (bicyclic) bond motifs is 2. The Labute approximate surface area is 171 Å². The minimum absolute atomic E-state index is 0.0349. The van der Waals surface area contributed by atoms with Crippen LogP contribution in [-0.2, 0) is 22.4 Å². The third-order valence-electron chi connectivity index (χ3n) is 4.83. The molecular formula is C21H18N4O3S. The Balaban J connectivity index is 1.46. The Bertz CT molecular complexity index is 1150. The van der Waals surface area contributed by atoms with E-state index in [4.69, 9.17) is 4.74 Å². The van der Waals surface area contributed by atoms with Crippen molar-refractivity contribution in [3.05, 3.63) is 52.2 Å². The van der Waals surface area contributed by atoms with E-state index in [1.165, 1.54) is 24.5 Å². The molecule has 3 aromatic rings. The molecule has 1 aromatic carbocycles. The van der Waals surface area contributed by atoms with Gasteiger partial charge < -0.3 is 10.1 Å². The molecule has 8 heteroatoms. The summed E-state index contributed by atoms with van der Waals surface area (Å²) in [5.74, 6) is -1.21. The van der Waals surface area contributed by atoms with Gasteiger partial charge in [-0.05, 0) is 50.3 Å². The fourth-order valence-electron chi connectivity index (χ4n) is 3.32. The normalized spacial score (nSPS) is 13.9. The molecule has 0 saturated heterocycles. The van der Waals surface area contributed by atoms with Gasteiger partial charge in [0.2, 0.25) is 0 Å². The van der Waals surface area contributed by atoms with E-state index in [1.54, 1.807) is 18.2 Å². The molecule has 4 rings (SSSR count). The van der Waals surface area contributed by atoms with Gasteiger partial charge in [-0.1, -0.05) is 12.1 Å². The average Bonchev–Trinajstić information content (AvgIpc) is 3.10. The maximum absolute atomic E-state index is 12.5. The van der Waals surface area contributed by atoms with Crippen molar-refractivity contribution in [1.29, 1.82) is 5.26 Å². The highest BCUT2D eigenvalue weighted by molar-refractivity contribution is 7.16. The lowest BCUT2D eigenvalue weighted by Crippen LogP contribution is -2.30. The number of esters is 1. The van der Waals surface area contributed by atoms with E-state index in [-0.39, 0.29) is 5.69 Å². The second kappa shape index (κ2) is 7.97. The lowest BCUT2D eigenvalue weighted by Gasteiger charge is -2.13. The molecule has 0 saturated carbocycles. The zero-order valence-electron chi connectivity index (χ0n) is 15.8. The van der Waals surface area contributed by atoms with Crippen LogP contribution < -0.4 is 5.32 Å². The highest BCUT2D eigenvalue weighted by Crippen LogP contribution is 2.37. The van der Waals surface area contributed by atoms with Crippen molar-refractivity contribution >= 4 is 39.2 Å². The number of nitrogens with one attached hydrogen (secondary N) is 1. The number of hydrogen-bond acceptors (Lipinski definition) is 7. The highest BCUT2D eigenvalue weighted by atomic mass is 32.1. The van der Waals surface area contributed by atoms with Gasteiger partial charge in [0.15, 0.2) is 11.8 Å². The smallest absolute Gasteiger partial charge is 0.359 e. The van der Waals surface area contributed by atoms with Crippen molar-refractivity contribution in [2.45, 2.75) is 38.7 Å². The molecule has 7 nitrogen and oxygen atoms in total. The number of amides is 1. The molecule has 0 spiro atoms. The second-order valence-electron chi connectivity index (χ2n) is 6.81. The molecule has 1 aliphatic rings. The molecule has 0 aliphatic heterocycles. The summed E-state index contributed by atoms with van der Waals surface area (Å²) < 4.78 is 5.26. The van der Waals surface area contributed by atoms with Crippen LogP contribution in [0.1, 0.15) is 46.3 Å². The number of benzene rings is 1. The molecule has 146 valence electrons. The molecule has 1 atom stereocenters. The minimum atomic E-state index is -1.04. The summed E-state index contributed by atoms with van der Waals surface area (Å²) in [5.41, 5.74) is 2.84. The molecule has 1 aliphatic carbocycles. The zero-order valence-corrected chi connectivity index (χ0v) is 16.6. The van der Waals surface area contributed by atoms with Crippen LogP contribution in [0, 0.1) is 11.3 Å². The summed E-state index contributed by atoms with van der Waals surface area (Å²) >= 11 is 1.43. The Morgan fingerprint density at radius 3 is 2.79 bits per heavy atom. The van der Waals surface area contributed by atoms with Crippen LogP contribution in [0.2, 0.25) is 0 Å². The first-order valence-electron chi connectivity index (χ1n) is 9.35. The number of thiophene rings is 1. The number of aryl methyl sites for hydroxylation is 1. The van der Waals surface area contributed by atoms with E-state index in [2.05, 4.69) is 21.4 Å². The van der Waals surface area contributed by atoms with Crippen molar-refractivity contribution in [3.8, 4) is 6.07 Å². The van der Waals surface area contributed by atoms with Gasteiger partial charge >= 0.3 is 5.97 Å². The number of ether oxygens (including phenoxy) is 1. The summed E-state index contributed by atoms with van der Waals surface area (Å²) in [6, 6.07) is 9.38. The summed E-state index contributed by atoms with van der Waals surface area (Å²) in [5, 5.41) is 12.8. The number of carbonyl (C=O) groups is 2. The molecule has 1 amide bonds. The Kier molecular flexibility index (Phi) is 5.23. The molecule has 2 aromatic heterocycles. The molecule has 0 fully saturated rings. The summed E-state index contributed by atoms with van der Waals surface area (Å²) in [6.07, 6.45) is 4.21. The van der Waals surface area contributed by atoms with Crippen LogP contribution in [0.15, 0.2) is 30.5 Å². The molecule has 2 heterocycles. The predicted molar refractivity (Wildman–Crippen MR) is 109 cm³/mol. The van der Waals surface area contributed by atoms with E-state index in [1.807, 2.05) is 6.07 Å². The first-order chi connectivity index (χ1) is 14.1. The fraction of sp³-hybridized carbons (Fsp3) is 0.286. The molecule has 0 bridgehead atoms. The highest BCUT2D eigenvalue weighted by Gasteiger charge is 2.25. The number of anilines is 1. The van der Waals surface area contributed by atoms with Gasteiger partial charge in [-0.3, -0.25) is 9.78 Å². The Morgan fingerprint density at radius 1 is 1.24 bits per heavy atom. The number of rotatable bonds is 4. The zero-order chi connectivity index (χ0) is 20.4. The lowest BCUT2D eigenvalue weighted by atomic mass is 9.96. The van der Waals surface area contributed by atoms with Crippen molar-refractivity contribution < 1.29 is 14.3 Å². The first kappa shape index (κ1) is 19.0. The number of para-hydroxylation sites is 2. The maximum Gasteiger partial charge on any atom is 0.359 e. The van der Waals surface area contributed by atoms with Gasteiger partial charge in [0.25, 0.3) is 5.91 Å². The van der Waals surface area contributed by atoms with Crippen LogP contribution in [-0.4, -0.2) is 27.9 Å². The fourth-order valence-corrected chi connectivity index (χ4v) is 4.56. The largest absolute Gasteiger partial charge is 0.448 e. The van der Waals surface area contributed by atoms with E-state index in [0.29, 0.717) is 21.6 Å². The van der Waals surface area contributed by atoms with E-state index in [0.717, 1.165) is 36.1 Å². The number of aromatic nitrogens is 2. The molecule has 1 unspecified atom stereocenters. The molecular weight excluding hydrogens is 388 g/mol. The van der Waals surface area contributed by atoms with Gasteiger partial charge in [0, 0.05) is 4.88 Å². The molecule has 0 radical (unpaired) electrons. The van der Waals surface area contributed by atoms with Crippen molar-refractivity contribution in [1.82, 2.24) is 9.97 Å². The molecule has 29 heavy (non-hydrogen) atoms. The van der Waals surface area contributed by atoms with Gasteiger partial charge in [0.1, 0.15) is 11.1 Å². The van der Waals surface area contributed by atoms with Crippen molar-refractivity contribution in [2.75, 3.05) is 5.32 Å². The SMILES string of the molecule is CC(OC(=O)c1cnc2ccccc2n1)C(=O)Nc1sc2c(c1C#N)CCCC2. The number of nitrogens with zero attached hydrogens (tertiary/aromatic N) is 3. The summed E-state index contributed by atoms with van der Waals surface area (Å²) in [4.78, 5) is 34.5. The quantitative estimate of drug-likeness (QED) is 0.664. The van der Waals surface area contributed by atoms with Gasteiger partial charge in [-0.15, -0.1) is 11.3 Å². The maximum atomic E-state index is 12.5. The average molecular weight is 406 g/mol. The second-order valence-corrected chi connectivity index (χ2v) is 7.91. The van der Waals surface area contributed by atoms with E-state index in [9.17, 15) is 14.9 Å². The van der Waals surface area contributed by atoms with Crippen molar-refractivity contribution in [3.63, 3.8) is 0 Å². The van der Waals surface area contributed by atoms with Gasteiger partial charge in [-0.2, -0.15) is 5.26 Å². The lowest BCUT2D eigenvalue weighted by molar-refractivity contribution is -0.123. The van der Waals surface area contributed by atoms with E-state index < -0.39 is 18.0 Å².